The minimum atomic E-state index is -0.485. The highest BCUT2D eigenvalue weighted by Crippen LogP contribution is 2.36. The molecule has 1 aromatic rings. The molecule has 0 radical (unpaired) electrons. The highest BCUT2D eigenvalue weighted by atomic mass is 19.1. The van der Waals surface area contributed by atoms with Gasteiger partial charge in [0, 0.05) is 52.1 Å². The van der Waals surface area contributed by atoms with Gasteiger partial charge in [0.05, 0.1) is 18.5 Å². The monoisotopic (exact) mass is 462 g/mol. The Morgan fingerprint density at radius 2 is 1.73 bits per heavy atom. The van der Waals surface area contributed by atoms with Crippen molar-refractivity contribution in [2.24, 2.45) is 11.8 Å². The van der Waals surface area contributed by atoms with E-state index in [1.165, 1.54) is 13.5 Å². The molecule has 2 amide bonds. The fourth-order valence-corrected chi connectivity index (χ4v) is 4.90. The van der Waals surface area contributed by atoms with Gasteiger partial charge in [-0.05, 0) is 50.3 Å². The van der Waals surface area contributed by atoms with E-state index in [-0.39, 0.29) is 36.1 Å². The summed E-state index contributed by atoms with van der Waals surface area (Å²) in [6.07, 6.45) is 4.63. The number of halogens is 1. The first-order chi connectivity index (χ1) is 16.0. The zero-order chi connectivity index (χ0) is 23.4. The van der Waals surface area contributed by atoms with Gasteiger partial charge in [-0.15, -0.1) is 0 Å². The first kappa shape index (κ1) is 23.7. The van der Waals surface area contributed by atoms with Gasteiger partial charge in [0.1, 0.15) is 0 Å². The van der Waals surface area contributed by atoms with Crippen molar-refractivity contribution in [1.82, 2.24) is 14.9 Å². The molecule has 0 unspecified atom stereocenters. The van der Waals surface area contributed by atoms with E-state index in [2.05, 4.69) is 10.3 Å². The summed E-state index contributed by atoms with van der Waals surface area (Å²) in [7, 11) is 1.39. The highest BCUT2D eigenvalue weighted by molar-refractivity contribution is 5.99. The minimum absolute atomic E-state index is 0.00680. The van der Waals surface area contributed by atoms with E-state index >= 15 is 4.39 Å². The Morgan fingerprint density at radius 1 is 1.06 bits per heavy atom. The van der Waals surface area contributed by atoms with E-state index < -0.39 is 5.82 Å². The van der Waals surface area contributed by atoms with E-state index in [1.807, 2.05) is 9.91 Å². The average molecular weight is 463 g/mol. The van der Waals surface area contributed by atoms with E-state index in [1.54, 1.807) is 12.1 Å². The predicted molar refractivity (Wildman–Crippen MR) is 124 cm³/mol. The largest absolute Gasteiger partial charge is 0.491 e. The molecule has 1 aromatic carbocycles. The number of benzene rings is 1. The standard InChI is InChI=1S/C23H35FN6O3/c1-33-23-18(26-30-20(31)3-2-4-21(30)32)5-6-19(22(23)24)28-15-13-27(14-16-28)10-7-17-8-11-29(25)12-9-17/h5-6,17,26H,2-4,7-16,25H2,1H3. The van der Waals surface area contributed by atoms with Gasteiger partial charge in [-0.25, -0.2) is 9.40 Å². The summed E-state index contributed by atoms with van der Waals surface area (Å²) in [6, 6.07) is 3.36. The molecule has 3 aliphatic rings. The van der Waals surface area contributed by atoms with Crippen LogP contribution in [0.4, 0.5) is 15.8 Å². The number of nitrogens with two attached hydrogens (primary N) is 1. The Balaban J connectivity index is 1.34. The first-order valence-electron chi connectivity index (χ1n) is 11.9. The summed E-state index contributed by atoms with van der Waals surface area (Å²) in [6.45, 7) is 6.25. The number of methoxy groups -OCH3 is 1. The van der Waals surface area contributed by atoms with Crippen LogP contribution in [0.1, 0.15) is 38.5 Å². The number of rotatable bonds is 7. The van der Waals surface area contributed by atoms with Gasteiger partial charge in [-0.3, -0.25) is 25.8 Å². The average Bonchev–Trinajstić information content (AvgIpc) is 2.82. The molecular formula is C23H35FN6O3. The summed E-state index contributed by atoms with van der Waals surface area (Å²) in [4.78, 5) is 28.7. The fourth-order valence-electron chi connectivity index (χ4n) is 4.90. The molecule has 10 heteroatoms. The SMILES string of the molecule is COc1c(NN2C(=O)CCCC2=O)ccc(N2CCN(CCC3CCN(N)CC3)CC2)c1F. The third-order valence-electron chi connectivity index (χ3n) is 7.01. The van der Waals surface area contributed by atoms with Gasteiger partial charge in [-0.2, -0.15) is 5.01 Å². The lowest BCUT2D eigenvalue weighted by Gasteiger charge is -2.37. The number of piperidine rings is 2. The van der Waals surface area contributed by atoms with Crippen molar-refractivity contribution in [1.29, 1.82) is 0 Å². The van der Waals surface area contributed by atoms with Crippen molar-refractivity contribution in [2.75, 3.05) is 63.2 Å². The van der Waals surface area contributed by atoms with Gasteiger partial charge in [-0.1, -0.05) is 0 Å². The molecule has 0 atom stereocenters. The van der Waals surface area contributed by atoms with Crippen LogP contribution in [0.15, 0.2) is 12.1 Å². The van der Waals surface area contributed by atoms with E-state index in [0.717, 1.165) is 69.6 Å². The lowest BCUT2D eigenvalue weighted by Crippen LogP contribution is -2.47. The van der Waals surface area contributed by atoms with Crippen molar-refractivity contribution in [2.45, 2.75) is 38.5 Å². The third-order valence-corrected chi connectivity index (χ3v) is 7.01. The Bertz CT molecular complexity index is 837. The third kappa shape index (κ3) is 5.56. The second-order valence-electron chi connectivity index (χ2n) is 9.16. The number of hydrogen-bond acceptors (Lipinski definition) is 8. The minimum Gasteiger partial charge on any atom is -0.491 e. The molecular weight excluding hydrogens is 427 g/mol. The second kappa shape index (κ2) is 10.7. The lowest BCUT2D eigenvalue weighted by molar-refractivity contribution is -0.146. The van der Waals surface area contributed by atoms with Crippen LogP contribution in [-0.2, 0) is 9.59 Å². The number of piperazine rings is 1. The van der Waals surface area contributed by atoms with Gasteiger partial charge >= 0.3 is 0 Å². The Hall–Kier alpha value is -2.43. The summed E-state index contributed by atoms with van der Waals surface area (Å²) in [5, 5.41) is 2.87. The molecule has 9 nitrogen and oxygen atoms in total. The fraction of sp³-hybridized carbons (Fsp3) is 0.652. The molecule has 3 N–H and O–H groups in total. The summed E-state index contributed by atoms with van der Waals surface area (Å²) in [5.41, 5.74) is 3.50. The Labute approximate surface area is 194 Å². The van der Waals surface area contributed by atoms with Crippen LogP contribution in [0.25, 0.3) is 0 Å². The molecule has 182 valence electrons. The molecule has 33 heavy (non-hydrogen) atoms. The molecule has 0 aromatic heterocycles. The number of anilines is 2. The maximum absolute atomic E-state index is 15.4. The summed E-state index contributed by atoms with van der Waals surface area (Å²) >= 11 is 0. The Morgan fingerprint density at radius 3 is 2.36 bits per heavy atom. The van der Waals surface area contributed by atoms with Gasteiger partial charge in [0.2, 0.25) is 11.8 Å². The second-order valence-corrected chi connectivity index (χ2v) is 9.16. The molecule has 3 heterocycles. The summed E-state index contributed by atoms with van der Waals surface area (Å²) in [5.74, 6) is 5.48. The number of hydrazine groups is 2. The van der Waals surface area contributed by atoms with Crippen LogP contribution in [0.3, 0.4) is 0 Å². The number of ether oxygens (including phenoxy) is 1. The van der Waals surface area contributed by atoms with Crippen LogP contribution < -0.4 is 20.9 Å². The molecule has 0 bridgehead atoms. The number of imide groups is 1. The van der Waals surface area contributed by atoms with Crippen LogP contribution in [0, 0.1) is 11.7 Å². The van der Waals surface area contributed by atoms with Crippen molar-refractivity contribution in [3.05, 3.63) is 17.9 Å². The van der Waals surface area contributed by atoms with Crippen molar-refractivity contribution < 1.29 is 18.7 Å². The maximum Gasteiger partial charge on any atom is 0.248 e. The predicted octanol–water partition coefficient (Wildman–Crippen LogP) is 1.80. The van der Waals surface area contributed by atoms with Gasteiger partial charge in [0.25, 0.3) is 0 Å². The molecule has 3 aliphatic heterocycles. The summed E-state index contributed by atoms with van der Waals surface area (Å²) < 4.78 is 20.7. The van der Waals surface area contributed by atoms with Crippen LogP contribution in [0.5, 0.6) is 5.75 Å². The number of nitrogens with zero attached hydrogens (tertiary/aromatic N) is 4. The van der Waals surface area contributed by atoms with Crippen molar-refractivity contribution >= 4 is 23.2 Å². The first-order valence-corrected chi connectivity index (χ1v) is 11.9. The van der Waals surface area contributed by atoms with Crippen LogP contribution in [0.2, 0.25) is 0 Å². The number of nitrogens with one attached hydrogen (secondary N) is 1. The molecule has 3 saturated heterocycles. The number of hydrogen-bond donors (Lipinski definition) is 2. The van der Waals surface area contributed by atoms with E-state index in [4.69, 9.17) is 10.6 Å². The Kier molecular flexibility index (Phi) is 7.67. The van der Waals surface area contributed by atoms with Crippen molar-refractivity contribution in [3.8, 4) is 5.75 Å². The van der Waals surface area contributed by atoms with Crippen LogP contribution >= 0.6 is 0 Å². The van der Waals surface area contributed by atoms with Gasteiger partial charge < -0.3 is 9.64 Å². The molecule has 3 fully saturated rings. The topological polar surface area (TPSA) is 94.4 Å². The van der Waals surface area contributed by atoms with Crippen LogP contribution in [-0.4, -0.2) is 79.7 Å². The normalized spacial score (nSPS) is 21.5. The number of carbonyl (C=O) groups is 2. The van der Waals surface area contributed by atoms with E-state index in [9.17, 15) is 9.59 Å². The molecule has 0 spiro atoms. The zero-order valence-corrected chi connectivity index (χ0v) is 19.4. The highest BCUT2D eigenvalue weighted by Gasteiger charge is 2.29. The zero-order valence-electron chi connectivity index (χ0n) is 19.4. The van der Waals surface area contributed by atoms with Crippen molar-refractivity contribution in [3.63, 3.8) is 0 Å². The molecule has 0 aliphatic carbocycles. The molecule has 0 saturated carbocycles. The smallest absolute Gasteiger partial charge is 0.248 e. The quantitative estimate of drug-likeness (QED) is 0.468. The molecule has 4 rings (SSSR count). The van der Waals surface area contributed by atoms with Gasteiger partial charge in [0.15, 0.2) is 11.6 Å². The number of amides is 2. The lowest BCUT2D eigenvalue weighted by atomic mass is 9.94. The maximum atomic E-state index is 15.4. The van der Waals surface area contributed by atoms with E-state index in [0.29, 0.717) is 12.1 Å². The number of carbonyl (C=O) groups excluding carboxylic acids is 2.